The summed E-state index contributed by atoms with van der Waals surface area (Å²) in [6.45, 7) is 0. The lowest BCUT2D eigenvalue weighted by molar-refractivity contribution is 0.102. The van der Waals surface area contributed by atoms with Gasteiger partial charge in [0.2, 0.25) is 0 Å². The summed E-state index contributed by atoms with van der Waals surface area (Å²) in [5.41, 5.74) is 2.00. The van der Waals surface area contributed by atoms with Gasteiger partial charge in [-0.25, -0.2) is 4.39 Å². The van der Waals surface area contributed by atoms with E-state index in [9.17, 15) is 14.0 Å². The van der Waals surface area contributed by atoms with E-state index in [-0.39, 0.29) is 5.43 Å². The average molecular weight is 422 g/mol. The van der Waals surface area contributed by atoms with Gasteiger partial charge in [-0.1, -0.05) is 54.6 Å². The first-order chi connectivity index (χ1) is 15.5. The SMILES string of the molecule is Cn1c(NC(=O)c2ccc(F)cc2)c(-c2cccc3ccccc23)c(=O)c2ccccc21. The van der Waals surface area contributed by atoms with Crippen molar-refractivity contribution in [3.63, 3.8) is 0 Å². The van der Waals surface area contributed by atoms with Crippen LogP contribution in [-0.4, -0.2) is 10.5 Å². The van der Waals surface area contributed by atoms with Gasteiger partial charge in [0, 0.05) is 18.0 Å². The maximum Gasteiger partial charge on any atom is 0.256 e. The molecule has 0 atom stereocenters. The molecule has 1 heterocycles. The van der Waals surface area contributed by atoms with Crippen molar-refractivity contribution in [2.75, 3.05) is 5.32 Å². The summed E-state index contributed by atoms with van der Waals surface area (Å²) in [6, 6.07) is 26.2. The highest BCUT2D eigenvalue weighted by Crippen LogP contribution is 2.33. The van der Waals surface area contributed by atoms with Crippen LogP contribution < -0.4 is 10.7 Å². The molecule has 1 N–H and O–H groups in total. The first-order valence-electron chi connectivity index (χ1n) is 10.2. The predicted octanol–water partition coefficient (Wildman–Crippen LogP) is 5.75. The Morgan fingerprint density at radius 3 is 2.25 bits per heavy atom. The molecular weight excluding hydrogens is 403 g/mol. The summed E-state index contributed by atoms with van der Waals surface area (Å²) in [4.78, 5) is 26.7. The van der Waals surface area contributed by atoms with Crippen molar-refractivity contribution >= 4 is 33.4 Å². The number of amides is 1. The Hall–Kier alpha value is -4.25. The van der Waals surface area contributed by atoms with Crippen molar-refractivity contribution in [3.8, 4) is 11.1 Å². The molecule has 0 aliphatic heterocycles. The number of hydrogen-bond acceptors (Lipinski definition) is 2. The summed E-state index contributed by atoms with van der Waals surface area (Å²) in [6.07, 6.45) is 0. The van der Waals surface area contributed by atoms with Crippen LogP contribution in [0.5, 0.6) is 0 Å². The number of rotatable bonds is 3. The lowest BCUT2D eigenvalue weighted by atomic mass is 9.96. The number of aryl methyl sites for hydroxylation is 1. The van der Waals surface area contributed by atoms with Gasteiger partial charge in [0.1, 0.15) is 11.6 Å². The van der Waals surface area contributed by atoms with Gasteiger partial charge >= 0.3 is 0 Å². The Morgan fingerprint density at radius 1 is 0.812 bits per heavy atom. The van der Waals surface area contributed by atoms with Crippen molar-refractivity contribution in [2.24, 2.45) is 7.05 Å². The Bertz CT molecular complexity index is 1550. The zero-order valence-corrected chi connectivity index (χ0v) is 17.3. The molecule has 0 radical (unpaired) electrons. The summed E-state index contributed by atoms with van der Waals surface area (Å²) in [5, 5.41) is 5.39. The smallest absolute Gasteiger partial charge is 0.256 e. The Kier molecular flexibility index (Phi) is 4.79. The molecule has 4 nitrogen and oxygen atoms in total. The predicted molar refractivity (Wildman–Crippen MR) is 126 cm³/mol. The van der Waals surface area contributed by atoms with Crippen LogP contribution in [0.1, 0.15) is 10.4 Å². The van der Waals surface area contributed by atoms with Crippen molar-refractivity contribution in [1.29, 1.82) is 0 Å². The third kappa shape index (κ3) is 3.24. The number of halogens is 1. The van der Waals surface area contributed by atoms with Crippen LogP contribution in [0.2, 0.25) is 0 Å². The number of para-hydroxylation sites is 1. The van der Waals surface area contributed by atoms with Gasteiger partial charge in [-0.2, -0.15) is 0 Å². The third-order valence-corrected chi connectivity index (χ3v) is 5.71. The molecule has 0 unspecified atom stereocenters. The number of nitrogens with one attached hydrogen (secondary N) is 1. The van der Waals surface area contributed by atoms with Crippen LogP contribution in [0.15, 0.2) is 95.8 Å². The first kappa shape index (κ1) is 19.7. The maximum atomic E-state index is 13.7. The molecule has 0 aliphatic carbocycles. The van der Waals surface area contributed by atoms with E-state index in [2.05, 4.69) is 5.32 Å². The summed E-state index contributed by atoms with van der Waals surface area (Å²) < 4.78 is 15.1. The van der Waals surface area contributed by atoms with E-state index >= 15 is 0 Å². The molecule has 32 heavy (non-hydrogen) atoms. The molecule has 5 heteroatoms. The van der Waals surface area contributed by atoms with Crippen molar-refractivity contribution < 1.29 is 9.18 Å². The number of pyridine rings is 1. The highest BCUT2D eigenvalue weighted by Gasteiger charge is 2.20. The minimum Gasteiger partial charge on any atom is -0.330 e. The molecule has 1 aromatic heterocycles. The van der Waals surface area contributed by atoms with Gasteiger partial charge in [-0.05, 0) is 52.7 Å². The van der Waals surface area contributed by atoms with Gasteiger partial charge in [0.15, 0.2) is 5.43 Å². The van der Waals surface area contributed by atoms with Crippen LogP contribution in [-0.2, 0) is 7.05 Å². The van der Waals surface area contributed by atoms with E-state index in [1.807, 2.05) is 72.3 Å². The number of benzene rings is 4. The fourth-order valence-corrected chi connectivity index (χ4v) is 4.11. The quantitative estimate of drug-likeness (QED) is 0.402. The van der Waals surface area contributed by atoms with Crippen LogP contribution >= 0.6 is 0 Å². The van der Waals surface area contributed by atoms with Crippen LogP contribution in [0.4, 0.5) is 10.2 Å². The number of nitrogens with zero attached hydrogens (tertiary/aromatic N) is 1. The summed E-state index contributed by atoms with van der Waals surface area (Å²) in [5.74, 6) is -0.452. The summed E-state index contributed by atoms with van der Waals surface area (Å²) in [7, 11) is 1.82. The molecule has 4 aromatic carbocycles. The van der Waals surface area contributed by atoms with Crippen LogP contribution in [0.25, 0.3) is 32.8 Å². The lowest BCUT2D eigenvalue weighted by Crippen LogP contribution is -2.21. The normalized spacial score (nSPS) is 11.1. The van der Waals surface area contributed by atoms with Gasteiger partial charge in [-0.3, -0.25) is 9.59 Å². The van der Waals surface area contributed by atoms with Gasteiger partial charge in [0.25, 0.3) is 5.91 Å². The second kappa shape index (κ2) is 7.78. The zero-order chi connectivity index (χ0) is 22.2. The maximum absolute atomic E-state index is 13.7. The lowest BCUT2D eigenvalue weighted by Gasteiger charge is -2.19. The van der Waals surface area contributed by atoms with Crippen molar-refractivity contribution in [3.05, 3.63) is 113 Å². The molecule has 0 saturated carbocycles. The monoisotopic (exact) mass is 422 g/mol. The number of carbonyl (C=O) groups excluding carboxylic acids is 1. The number of anilines is 1. The number of carbonyl (C=O) groups is 1. The molecule has 0 aliphatic rings. The molecule has 0 bridgehead atoms. The highest BCUT2D eigenvalue weighted by molar-refractivity contribution is 6.09. The van der Waals surface area contributed by atoms with Crippen LogP contribution in [0, 0.1) is 5.82 Å². The minimum atomic E-state index is -0.420. The molecule has 0 spiro atoms. The largest absolute Gasteiger partial charge is 0.330 e. The highest BCUT2D eigenvalue weighted by atomic mass is 19.1. The molecule has 5 aromatic rings. The topological polar surface area (TPSA) is 51.1 Å². The zero-order valence-electron chi connectivity index (χ0n) is 17.3. The van der Waals surface area contributed by atoms with E-state index in [0.29, 0.717) is 27.8 Å². The van der Waals surface area contributed by atoms with Gasteiger partial charge < -0.3 is 9.88 Å². The van der Waals surface area contributed by atoms with Gasteiger partial charge in [-0.15, -0.1) is 0 Å². The average Bonchev–Trinajstić information content (AvgIpc) is 2.83. The Balaban J connectivity index is 1.80. The number of aromatic nitrogens is 1. The fraction of sp³-hybridized carbons (Fsp3) is 0.0370. The first-order valence-corrected chi connectivity index (χ1v) is 10.2. The van der Waals surface area contributed by atoms with E-state index < -0.39 is 11.7 Å². The molecule has 1 amide bonds. The Labute approximate surface area is 183 Å². The molecule has 5 rings (SSSR count). The van der Waals surface area contributed by atoms with E-state index in [4.69, 9.17) is 0 Å². The van der Waals surface area contributed by atoms with Gasteiger partial charge in [0.05, 0.1) is 11.1 Å². The summed E-state index contributed by atoms with van der Waals surface area (Å²) >= 11 is 0. The molecular formula is C27H19FN2O2. The number of fused-ring (bicyclic) bond motifs is 2. The second-order valence-electron chi connectivity index (χ2n) is 7.62. The standard InChI is InChI=1S/C27H19FN2O2/c1-30-23-12-5-4-10-22(23)25(31)24(21-11-6-8-17-7-2-3-9-20(17)21)26(30)29-27(32)18-13-15-19(28)16-14-18/h2-16H,1H3,(H,29,32). The molecule has 0 saturated heterocycles. The third-order valence-electron chi connectivity index (χ3n) is 5.71. The van der Waals surface area contributed by atoms with Crippen molar-refractivity contribution in [2.45, 2.75) is 0 Å². The second-order valence-corrected chi connectivity index (χ2v) is 7.62. The van der Waals surface area contributed by atoms with Crippen LogP contribution in [0.3, 0.4) is 0 Å². The number of hydrogen-bond donors (Lipinski definition) is 1. The van der Waals surface area contributed by atoms with Crippen molar-refractivity contribution in [1.82, 2.24) is 4.57 Å². The molecule has 0 fully saturated rings. The van der Waals surface area contributed by atoms with E-state index in [1.54, 1.807) is 6.07 Å². The fourth-order valence-electron chi connectivity index (χ4n) is 4.11. The molecule has 156 valence electrons. The van der Waals surface area contributed by atoms with E-state index in [1.165, 1.54) is 24.3 Å². The minimum absolute atomic E-state index is 0.163. The Morgan fingerprint density at radius 2 is 1.47 bits per heavy atom. The van der Waals surface area contributed by atoms with E-state index in [0.717, 1.165) is 16.3 Å².